The Morgan fingerprint density at radius 1 is 1.05 bits per heavy atom. The number of nitrogens with zero attached hydrogens (tertiary/aromatic N) is 2. The molecule has 0 aliphatic carbocycles. The Morgan fingerprint density at radius 2 is 1.81 bits per heavy atom. The van der Waals surface area contributed by atoms with Gasteiger partial charge in [-0.1, -0.05) is 42.1 Å². The van der Waals surface area contributed by atoms with Crippen molar-refractivity contribution < 1.29 is 4.74 Å². The molecular weight excluding hydrogens is 280 g/mol. The van der Waals surface area contributed by atoms with Gasteiger partial charge < -0.3 is 4.74 Å². The summed E-state index contributed by atoms with van der Waals surface area (Å²) in [5.74, 6) is 1.00. The van der Waals surface area contributed by atoms with Gasteiger partial charge in [0.25, 0.3) is 0 Å². The molecule has 0 saturated heterocycles. The minimum absolute atomic E-state index is 0.790. The third-order valence-corrected chi connectivity index (χ3v) is 4.29. The Hall–Kier alpha value is -1.78. The van der Waals surface area contributed by atoms with Gasteiger partial charge in [0.15, 0.2) is 5.16 Å². The minimum Gasteiger partial charge on any atom is -0.385 e. The number of methoxy groups -OCH3 is 1. The molecule has 1 heterocycles. The van der Waals surface area contributed by atoms with Crippen LogP contribution in [0, 0.1) is 0 Å². The lowest BCUT2D eigenvalue weighted by Crippen LogP contribution is -1.97. The molecule has 108 valence electrons. The van der Waals surface area contributed by atoms with Gasteiger partial charge in [-0.2, -0.15) is 0 Å². The van der Waals surface area contributed by atoms with E-state index in [2.05, 4.69) is 47.0 Å². The van der Waals surface area contributed by atoms with Crippen LogP contribution in [-0.4, -0.2) is 29.0 Å². The Balaban J connectivity index is 1.98. The van der Waals surface area contributed by atoms with Crippen molar-refractivity contribution in [1.82, 2.24) is 9.55 Å². The van der Waals surface area contributed by atoms with E-state index in [4.69, 9.17) is 9.72 Å². The summed E-state index contributed by atoms with van der Waals surface area (Å²) < 4.78 is 7.34. The molecule has 0 saturated carbocycles. The topological polar surface area (TPSA) is 27.1 Å². The summed E-state index contributed by atoms with van der Waals surface area (Å²) in [5, 5.41) is 1.04. The third-order valence-electron chi connectivity index (χ3n) is 3.27. The number of para-hydroxylation sites is 3. The van der Waals surface area contributed by atoms with Crippen LogP contribution in [-0.2, 0) is 4.74 Å². The molecule has 0 atom stereocenters. The first-order valence-corrected chi connectivity index (χ1v) is 8.03. The maximum atomic E-state index is 5.11. The van der Waals surface area contributed by atoms with Gasteiger partial charge in [0.05, 0.1) is 11.0 Å². The molecule has 2 aromatic carbocycles. The summed E-state index contributed by atoms with van der Waals surface area (Å²) in [6.07, 6.45) is 1.03. The molecule has 0 aliphatic heterocycles. The highest BCUT2D eigenvalue weighted by molar-refractivity contribution is 7.99. The SMILES string of the molecule is COCCCSc1nc2ccccc2n1-c1ccccc1. The number of thioether (sulfide) groups is 1. The zero-order valence-electron chi connectivity index (χ0n) is 12.0. The van der Waals surface area contributed by atoms with Crippen LogP contribution in [0.3, 0.4) is 0 Å². The Kier molecular flexibility index (Phi) is 4.58. The Morgan fingerprint density at radius 3 is 2.62 bits per heavy atom. The van der Waals surface area contributed by atoms with Crippen LogP contribution in [0.15, 0.2) is 59.8 Å². The number of imidazole rings is 1. The normalized spacial score (nSPS) is 11.1. The van der Waals surface area contributed by atoms with Crippen LogP contribution >= 0.6 is 11.8 Å². The predicted octanol–water partition coefficient (Wildman–Crippen LogP) is 4.15. The van der Waals surface area contributed by atoms with E-state index < -0.39 is 0 Å². The molecule has 4 heteroatoms. The molecule has 3 aromatic rings. The number of ether oxygens (including phenoxy) is 1. The summed E-state index contributed by atoms with van der Waals surface area (Å²) in [4.78, 5) is 4.77. The van der Waals surface area contributed by atoms with Gasteiger partial charge in [0, 0.05) is 25.2 Å². The fraction of sp³-hybridized carbons (Fsp3) is 0.235. The van der Waals surface area contributed by atoms with E-state index >= 15 is 0 Å². The predicted molar refractivity (Wildman–Crippen MR) is 88.3 cm³/mol. The van der Waals surface area contributed by atoms with Gasteiger partial charge in [0.1, 0.15) is 0 Å². The largest absolute Gasteiger partial charge is 0.385 e. The maximum Gasteiger partial charge on any atom is 0.173 e. The lowest BCUT2D eigenvalue weighted by molar-refractivity contribution is 0.200. The molecule has 0 amide bonds. The first-order chi connectivity index (χ1) is 10.4. The Labute approximate surface area is 129 Å². The van der Waals surface area contributed by atoms with Crippen molar-refractivity contribution in [3.05, 3.63) is 54.6 Å². The standard InChI is InChI=1S/C17H18N2OS/c1-20-12-7-13-21-17-18-15-10-5-6-11-16(15)19(17)14-8-3-2-4-9-14/h2-6,8-11H,7,12-13H2,1H3. The number of rotatable bonds is 6. The van der Waals surface area contributed by atoms with Crippen LogP contribution in [0.2, 0.25) is 0 Å². The average Bonchev–Trinajstić information content (AvgIpc) is 2.90. The van der Waals surface area contributed by atoms with E-state index in [9.17, 15) is 0 Å². The molecule has 21 heavy (non-hydrogen) atoms. The van der Waals surface area contributed by atoms with Gasteiger partial charge in [-0.05, 0) is 30.7 Å². The third kappa shape index (κ3) is 3.12. The molecule has 0 fully saturated rings. The monoisotopic (exact) mass is 298 g/mol. The van der Waals surface area contributed by atoms with Crippen molar-refractivity contribution in [1.29, 1.82) is 0 Å². The van der Waals surface area contributed by atoms with Crippen molar-refractivity contribution in [3.63, 3.8) is 0 Å². The van der Waals surface area contributed by atoms with Crippen LogP contribution < -0.4 is 0 Å². The second-order valence-electron chi connectivity index (χ2n) is 4.75. The van der Waals surface area contributed by atoms with E-state index in [1.54, 1.807) is 18.9 Å². The molecular formula is C17H18N2OS. The van der Waals surface area contributed by atoms with E-state index in [1.165, 1.54) is 0 Å². The quantitative estimate of drug-likeness (QED) is 0.505. The van der Waals surface area contributed by atoms with E-state index in [-0.39, 0.29) is 0 Å². The van der Waals surface area contributed by atoms with Gasteiger partial charge in [-0.15, -0.1) is 0 Å². The van der Waals surface area contributed by atoms with Crippen LogP contribution in [0.25, 0.3) is 16.7 Å². The number of hydrogen-bond donors (Lipinski definition) is 0. The summed E-state index contributed by atoms with van der Waals surface area (Å²) in [7, 11) is 1.74. The van der Waals surface area contributed by atoms with Gasteiger partial charge >= 0.3 is 0 Å². The van der Waals surface area contributed by atoms with Crippen LogP contribution in [0.4, 0.5) is 0 Å². The second kappa shape index (κ2) is 6.78. The van der Waals surface area contributed by atoms with Gasteiger partial charge in [-0.25, -0.2) is 4.98 Å². The number of benzene rings is 2. The molecule has 0 radical (unpaired) electrons. The summed E-state index contributed by atoms with van der Waals surface area (Å²) in [6.45, 7) is 0.790. The first-order valence-electron chi connectivity index (χ1n) is 7.05. The van der Waals surface area contributed by atoms with E-state index in [0.717, 1.165) is 40.7 Å². The molecule has 0 bridgehead atoms. The highest BCUT2D eigenvalue weighted by Gasteiger charge is 2.12. The van der Waals surface area contributed by atoms with Crippen molar-refractivity contribution in [2.24, 2.45) is 0 Å². The first kappa shape index (κ1) is 14.2. The zero-order valence-corrected chi connectivity index (χ0v) is 12.8. The summed E-state index contributed by atoms with van der Waals surface area (Å²) >= 11 is 1.78. The smallest absolute Gasteiger partial charge is 0.173 e. The fourth-order valence-corrected chi connectivity index (χ4v) is 3.23. The van der Waals surface area contributed by atoms with Gasteiger partial charge in [0.2, 0.25) is 0 Å². The molecule has 0 aliphatic rings. The molecule has 0 spiro atoms. The lowest BCUT2D eigenvalue weighted by atomic mass is 10.3. The fourth-order valence-electron chi connectivity index (χ4n) is 2.29. The zero-order chi connectivity index (χ0) is 14.5. The molecule has 0 unspecified atom stereocenters. The maximum absolute atomic E-state index is 5.11. The Bertz CT molecular complexity index is 709. The van der Waals surface area contributed by atoms with Crippen LogP contribution in [0.5, 0.6) is 0 Å². The van der Waals surface area contributed by atoms with Crippen LogP contribution in [0.1, 0.15) is 6.42 Å². The average molecular weight is 298 g/mol. The van der Waals surface area contributed by atoms with Gasteiger partial charge in [-0.3, -0.25) is 4.57 Å². The lowest BCUT2D eigenvalue weighted by Gasteiger charge is -2.08. The van der Waals surface area contributed by atoms with E-state index in [1.807, 2.05) is 12.1 Å². The summed E-state index contributed by atoms with van der Waals surface area (Å²) in [6, 6.07) is 18.7. The molecule has 3 nitrogen and oxygen atoms in total. The van der Waals surface area contributed by atoms with Crippen molar-refractivity contribution in [2.75, 3.05) is 19.5 Å². The van der Waals surface area contributed by atoms with Crippen molar-refractivity contribution in [2.45, 2.75) is 11.6 Å². The molecule has 1 aromatic heterocycles. The highest BCUT2D eigenvalue weighted by Crippen LogP contribution is 2.28. The van der Waals surface area contributed by atoms with Crippen molar-refractivity contribution in [3.8, 4) is 5.69 Å². The highest BCUT2D eigenvalue weighted by atomic mass is 32.2. The molecule has 3 rings (SSSR count). The second-order valence-corrected chi connectivity index (χ2v) is 5.81. The van der Waals surface area contributed by atoms with Crippen molar-refractivity contribution >= 4 is 22.8 Å². The number of fused-ring (bicyclic) bond motifs is 1. The number of aromatic nitrogens is 2. The molecule has 0 N–H and O–H groups in total. The minimum atomic E-state index is 0.790. The number of hydrogen-bond acceptors (Lipinski definition) is 3. The summed E-state index contributed by atoms with van der Waals surface area (Å²) in [5.41, 5.74) is 3.34. The van der Waals surface area contributed by atoms with E-state index in [0.29, 0.717) is 0 Å².